The number of imide groups is 2. The van der Waals surface area contributed by atoms with Crippen molar-refractivity contribution in [2.24, 2.45) is 17.8 Å². The summed E-state index contributed by atoms with van der Waals surface area (Å²) in [6, 6.07) is 2.59. The van der Waals surface area contributed by atoms with Crippen molar-refractivity contribution in [3.05, 3.63) is 35.4 Å². The van der Waals surface area contributed by atoms with E-state index in [2.05, 4.69) is 20.7 Å². The van der Waals surface area contributed by atoms with Crippen LogP contribution in [-0.4, -0.2) is 77.7 Å². The van der Waals surface area contributed by atoms with Gasteiger partial charge in [0.25, 0.3) is 11.8 Å². The Morgan fingerprint density at radius 1 is 1.10 bits per heavy atom. The Hall–Kier alpha value is -2.84. The van der Waals surface area contributed by atoms with Crippen LogP contribution in [0.5, 0.6) is 11.5 Å². The molecule has 3 fully saturated rings. The van der Waals surface area contributed by atoms with Crippen LogP contribution in [0.1, 0.15) is 30.7 Å². The summed E-state index contributed by atoms with van der Waals surface area (Å²) >= 11 is 17.0. The highest BCUT2D eigenvalue weighted by Gasteiger charge is 2.76. The number of alkyl halides is 6. The lowest BCUT2D eigenvalue weighted by atomic mass is 9.56. The van der Waals surface area contributed by atoms with Gasteiger partial charge in [-0.25, -0.2) is 0 Å². The highest BCUT2D eigenvalue weighted by Crippen LogP contribution is 2.66. The number of allylic oxidation sites excluding steroid dienone is 2. The van der Waals surface area contributed by atoms with Gasteiger partial charge in [0, 0.05) is 18.0 Å². The number of aromatic hydroxyl groups is 1. The van der Waals surface area contributed by atoms with Crippen molar-refractivity contribution in [2.45, 2.75) is 41.3 Å². The molecule has 0 unspecified atom stereocenters. The molecular formula is C25H20BrCl2F3N2O8. The molecule has 0 bridgehead atoms. The van der Waals surface area contributed by atoms with E-state index in [9.17, 15) is 42.3 Å². The van der Waals surface area contributed by atoms with Crippen molar-refractivity contribution >= 4 is 68.7 Å². The molecule has 2 aliphatic carbocycles. The van der Waals surface area contributed by atoms with E-state index in [1.54, 1.807) is 0 Å². The van der Waals surface area contributed by atoms with Crippen LogP contribution < -0.4 is 4.74 Å². The van der Waals surface area contributed by atoms with Gasteiger partial charge < -0.3 is 14.9 Å². The quantitative estimate of drug-likeness (QED) is 0.201. The second kappa shape index (κ2) is 9.87. The maximum Gasteiger partial charge on any atom is 0.573 e. The Kier molecular flexibility index (Phi) is 7.14. The van der Waals surface area contributed by atoms with E-state index in [0.29, 0.717) is 0 Å². The Labute approximate surface area is 248 Å². The molecule has 5 rings (SSSR count). The summed E-state index contributed by atoms with van der Waals surface area (Å²) < 4.78 is 43.2. The molecule has 2 heterocycles. The number of carbonyl (C=O) groups excluding carboxylic acids is 4. The maximum atomic E-state index is 13.7. The van der Waals surface area contributed by atoms with E-state index in [1.165, 1.54) is 6.08 Å². The summed E-state index contributed by atoms with van der Waals surface area (Å²) in [7, 11) is 0. The Bertz CT molecular complexity index is 1420. The van der Waals surface area contributed by atoms with Crippen LogP contribution in [0.25, 0.3) is 0 Å². The van der Waals surface area contributed by atoms with Crippen LogP contribution in [0.3, 0.4) is 0 Å². The zero-order valence-electron chi connectivity index (χ0n) is 20.7. The third kappa shape index (κ3) is 4.32. The number of aliphatic carboxylic acids is 1. The number of hydrogen-bond donors (Lipinski definition) is 2. The lowest BCUT2D eigenvalue weighted by Crippen LogP contribution is -2.60. The van der Waals surface area contributed by atoms with E-state index in [-0.39, 0.29) is 36.0 Å². The molecule has 6 atom stereocenters. The van der Waals surface area contributed by atoms with Crippen molar-refractivity contribution < 1.29 is 52.1 Å². The fraction of sp³-hybridized carbons (Fsp3) is 0.480. The minimum Gasteiger partial charge on any atom is -0.508 e. The summed E-state index contributed by atoms with van der Waals surface area (Å²) in [5.74, 6) is -10.3. The van der Waals surface area contributed by atoms with Crippen molar-refractivity contribution in [3.8, 4) is 11.5 Å². The monoisotopic (exact) mass is 682 g/mol. The van der Waals surface area contributed by atoms with Crippen LogP contribution in [0.2, 0.25) is 0 Å². The van der Waals surface area contributed by atoms with E-state index < -0.39 is 87.3 Å². The molecule has 0 radical (unpaired) electrons. The van der Waals surface area contributed by atoms with Gasteiger partial charge >= 0.3 is 12.3 Å². The molecule has 10 nitrogen and oxygen atoms in total. The lowest BCUT2D eigenvalue weighted by Gasteiger charge is -2.50. The van der Waals surface area contributed by atoms with Crippen LogP contribution in [0, 0.1) is 17.8 Å². The van der Waals surface area contributed by atoms with Crippen molar-refractivity contribution in [1.82, 2.24) is 9.80 Å². The number of hydrogen-bond acceptors (Lipinski definition) is 7. The molecule has 2 saturated heterocycles. The first-order chi connectivity index (χ1) is 19.1. The van der Waals surface area contributed by atoms with Gasteiger partial charge in [-0.15, -0.1) is 36.4 Å². The standard InChI is InChI=1S/C25H20BrCl2F3N2O8/c26-9-33-21(39)23(27)8-14-11(2-3-12-17(14)20(38)32(19(12)37)6-5-16(35)36)18(24(23,28)22(33)40)13-7-10(1-4-15(13)34)41-25(29,30)31/h1-2,4,7,12,14,17-18,34H,3,5-6,8-9H2,(H,35,36)/t12-,14+,17-,18+,23+,24-/m0/s1. The van der Waals surface area contributed by atoms with Crippen molar-refractivity contribution in [1.29, 1.82) is 0 Å². The number of phenolic OH excluding ortho intramolecular Hbond substituents is 1. The Morgan fingerprint density at radius 3 is 2.39 bits per heavy atom. The number of carboxylic acids is 1. The highest BCUT2D eigenvalue weighted by atomic mass is 79.9. The molecule has 1 aromatic rings. The van der Waals surface area contributed by atoms with Crippen molar-refractivity contribution in [2.75, 3.05) is 12.0 Å². The van der Waals surface area contributed by atoms with E-state index in [0.717, 1.165) is 28.0 Å². The molecule has 1 aromatic carbocycles. The SMILES string of the molecule is O=C(O)CCN1C(=O)[C@H]2[C@H](CC=C3[C@H]2C[C@@]2(Cl)C(=O)N(CBr)C(=O)[C@@]2(Cl)[C@H]3c2cc(OC(F)(F)F)ccc2O)C1=O. The fourth-order valence-electron chi connectivity index (χ4n) is 6.55. The lowest BCUT2D eigenvalue weighted by molar-refractivity contribution is -0.274. The zero-order chi connectivity index (χ0) is 30.2. The van der Waals surface area contributed by atoms with Crippen LogP contribution in [0.4, 0.5) is 13.2 Å². The predicted molar refractivity (Wildman–Crippen MR) is 137 cm³/mol. The number of ether oxygens (including phenoxy) is 1. The first kappa shape index (κ1) is 29.6. The number of amides is 4. The third-order valence-electron chi connectivity index (χ3n) is 8.20. The topological polar surface area (TPSA) is 142 Å². The van der Waals surface area contributed by atoms with E-state index in [4.69, 9.17) is 28.3 Å². The second-order valence-electron chi connectivity index (χ2n) is 10.2. The van der Waals surface area contributed by atoms with Crippen LogP contribution in [-0.2, 0) is 24.0 Å². The molecule has 220 valence electrons. The molecule has 41 heavy (non-hydrogen) atoms. The number of likely N-dealkylation sites (tertiary alicyclic amines) is 2. The molecular weight excluding hydrogens is 664 g/mol. The van der Waals surface area contributed by atoms with Crippen LogP contribution >= 0.6 is 39.1 Å². The van der Waals surface area contributed by atoms with E-state index >= 15 is 0 Å². The Balaban J connectivity index is 1.69. The zero-order valence-corrected chi connectivity index (χ0v) is 23.8. The number of carbonyl (C=O) groups is 5. The summed E-state index contributed by atoms with van der Waals surface area (Å²) in [5.41, 5.74) is -0.395. The fourth-order valence-corrected chi connectivity index (χ4v) is 7.97. The molecule has 4 amide bonds. The number of fused-ring (bicyclic) bond motifs is 4. The molecule has 0 aromatic heterocycles. The summed E-state index contributed by atoms with van der Waals surface area (Å²) in [6.07, 6.45) is -4.51. The molecule has 2 N–H and O–H groups in total. The number of benzene rings is 1. The number of phenols is 1. The second-order valence-corrected chi connectivity index (χ2v) is 12.0. The van der Waals surface area contributed by atoms with Gasteiger partial charge in [0.1, 0.15) is 11.5 Å². The van der Waals surface area contributed by atoms with Crippen LogP contribution in [0.15, 0.2) is 29.8 Å². The highest BCUT2D eigenvalue weighted by molar-refractivity contribution is 9.09. The molecule has 2 aliphatic heterocycles. The minimum absolute atomic E-state index is 0.0484. The largest absolute Gasteiger partial charge is 0.573 e. The third-order valence-corrected chi connectivity index (χ3v) is 10.1. The van der Waals surface area contributed by atoms with Gasteiger partial charge in [-0.05, 0) is 37.0 Å². The number of carboxylic acid groups (broad SMARTS) is 1. The first-order valence-corrected chi connectivity index (χ1v) is 14.1. The number of rotatable bonds is 6. The number of halogens is 6. The van der Waals surface area contributed by atoms with Gasteiger partial charge in [-0.1, -0.05) is 27.6 Å². The van der Waals surface area contributed by atoms with Gasteiger partial charge in [-0.2, -0.15) is 0 Å². The molecule has 0 spiro atoms. The minimum atomic E-state index is -5.10. The normalized spacial score (nSPS) is 33.0. The Morgan fingerprint density at radius 2 is 1.78 bits per heavy atom. The predicted octanol–water partition coefficient (Wildman–Crippen LogP) is 3.48. The van der Waals surface area contributed by atoms with Gasteiger partial charge in [0.2, 0.25) is 11.8 Å². The summed E-state index contributed by atoms with van der Waals surface area (Å²) in [5, 5.41) is 19.9. The van der Waals surface area contributed by atoms with Gasteiger partial charge in [0.15, 0.2) is 9.75 Å². The van der Waals surface area contributed by atoms with E-state index in [1.807, 2.05) is 0 Å². The van der Waals surface area contributed by atoms with Crippen molar-refractivity contribution in [3.63, 3.8) is 0 Å². The average molecular weight is 684 g/mol. The molecule has 1 saturated carbocycles. The smallest absolute Gasteiger partial charge is 0.508 e. The summed E-state index contributed by atoms with van der Waals surface area (Å²) in [6.45, 7) is -0.386. The molecule has 16 heteroatoms. The average Bonchev–Trinajstić information content (AvgIpc) is 3.21. The number of nitrogens with zero attached hydrogens (tertiary/aromatic N) is 2. The maximum absolute atomic E-state index is 13.7. The summed E-state index contributed by atoms with van der Waals surface area (Å²) in [4.78, 5) is 62.0. The molecule has 4 aliphatic rings. The first-order valence-electron chi connectivity index (χ1n) is 12.2. The van der Waals surface area contributed by atoms with Gasteiger partial charge in [-0.3, -0.25) is 33.8 Å². The van der Waals surface area contributed by atoms with Gasteiger partial charge in [0.05, 0.1) is 23.7 Å².